The maximum absolute atomic E-state index is 13.2. The van der Waals surface area contributed by atoms with E-state index in [0.717, 1.165) is 33.7 Å². The number of fused-ring (bicyclic) bond motifs is 1. The van der Waals surface area contributed by atoms with E-state index >= 15 is 0 Å². The van der Waals surface area contributed by atoms with Crippen molar-refractivity contribution < 1.29 is 14.3 Å². The number of carbonyl (C=O) groups is 2. The summed E-state index contributed by atoms with van der Waals surface area (Å²) in [5.41, 5.74) is 0.882. The van der Waals surface area contributed by atoms with Gasteiger partial charge in [-0.25, -0.2) is 0 Å². The van der Waals surface area contributed by atoms with Crippen molar-refractivity contribution in [1.29, 1.82) is 0 Å². The molecule has 0 aliphatic carbocycles. The van der Waals surface area contributed by atoms with Gasteiger partial charge in [0.1, 0.15) is 11.8 Å². The molecule has 3 aromatic carbocycles. The number of hydrogen-bond acceptors (Lipinski definition) is 3. The number of nitrogens with zero attached hydrogens (tertiary/aromatic N) is 1. The van der Waals surface area contributed by atoms with Gasteiger partial charge < -0.3 is 15.0 Å². The van der Waals surface area contributed by atoms with E-state index in [0.29, 0.717) is 17.3 Å². The zero-order valence-electron chi connectivity index (χ0n) is 18.8. The van der Waals surface area contributed by atoms with Crippen molar-refractivity contribution in [1.82, 2.24) is 10.2 Å². The van der Waals surface area contributed by atoms with Gasteiger partial charge in [0.05, 0.1) is 4.47 Å². The van der Waals surface area contributed by atoms with Crippen LogP contribution in [0.3, 0.4) is 0 Å². The van der Waals surface area contributed by atoms with Crippen LogP contribution in [0.25, 0.3) is 10.8 Å². The van der Waals surface area contributed by atoms with Gasteiger partial charge in [-0.15, -0.1) is 0 Å². The van der Waals surface area contributed by atoms with Gasteiger partial charge in [0.2, 0.25) is 5.91 Å². The van der Waals surface area contributed by atoms with Gasteiger partial charge in [-0.05, 0) is 63.8 Å². The molecule has 5 nitrogen and oxygen atoms in total. The Labute approximate surface area is 208 Å². The van der Waals surface area contributed by atoms with E-state index in [1.54, 1.807) is 24.0 Å². The number of benzene rings is 3. The molecule has 1 atom stereocenters. The predicted molar refractivity (Wildman–Crippen MR) is 137 cm³/mol. The van der Waals surface area contributed by atoms with Gasteiger partial charge in [-0.3, -0.25) is 9.59 Å². The Kier molecular flexibility index (Phi) is 9.15. The summed E-state index contributed by atoms with van der Waals surface area (Å²) in [6, 6.07) is 18.3. The van der Waals surface area contributed by atoms with Gasteiger partial charge in [0.15, 0.2) is 6.61 Å². The third-order valence-electron chi connectivity index (χ3n) is 5.44. The van der Waals surface area contributed by atoms with Crippen molar-refractivity contribution in [3.05, 3.63) is 75.7 Å². The number of ether oxygens (including phenoxy) is 1. The molecule has 0 fully saturated rings. The van der Waals surface area contributed by atoms with E-state index in [1.807, 2.05) is 48.5 Å². The molecular formula is C26H28BrClN2O3. The van der Waals surface area contributed by atoms with Crippen LogP contribution in [0.2, 0.25) is 5.02 Å². The average Bonchev–Trinajstić information content (AvgIpc) is 2.83. The lowest BCUT2D eigenvalue weighted by Gasteiger charge is -2.29. The summed E-state index contributed by atoms with van der Waals surface area (Å²) in [6.45, 7) is 4.48. The molecule has 1 N–H and O–H groups in total. The van der Waals surface area contributed by atoms with Gasteiger partial charge >= 0.3 is 0 Å². The Bertz CT molecular complexity index is 1100. The Balaban J connectivity index is 1.75. The quantitative estimate of drug-likeness (QED) is 0.328. The Morgan fingerprint density at radius 1 is 1.09 bits per heavy atom. The molecule has 0 bridgehead atoms. The van der Waals surface area contributed by atoms with Crippen molar-refractivity contribution in [2.24, 2.45) is 0 Å². The van der Waals surface area contributed by atoms with E-state index in [1.165, 1.54) is 0 Å². The first-order valence-electron chi connectivity index (χ1n) is 11.0. The number of hydrogen-bond donors (Lipinski definition) is 1. The largest absolute Gasteiger partial charge is 0.483 e. The standard InChI is InChI=1S/C26H28BrClN2O3/c1-3-4-15-29-26(32)18(2)30(16-19-9-12-21(28)13-10-19)24(31)17-33-23-14-11-20-7-5-6-8-22(20)25(23)27/h5-14,18H,3-4,15-17H2,1-2H3,(H,29,32). The molecule has 0 aromatic heterocycles. The molecule has 3 rings (SSSR count). The average molecular weight is 532 g/mol. The number of rotatable bonds is 10. The first kappa shape index (κ1) is 25.1. The van der Waals surface area contributed by atoms with Crippen molar-refractivity contribution in [2.45, 2.75) is 39.3 Å². The van der Waals surface area contributed by atoms with E-state index in [-0.39, 0.29) is 25.0 Å². The minimum Gasteiger partial charge on any atom is -0.483 e. The van der Waals surface area contributed by atoms with Crippen LogP contribution in [0.5, 0.6) is 5.75 Å². The molecule has 0 aliphatic heterocycles. The fraction of sp³-hybridized carbons (Fsp3) is 0.308. The van der Waals surface area contributed by atoms with Crippen LogP contribution >= 0.6 is 27.5 Å². The first-order chi connectivity index (χ1) is 15.9. The summed E-state index contributed by atoms with van der Waals surface area (Å²) in [6.07, 6.45) is 1.87. The molecule has 1 unspecified atom stereocenters. The topological polar surface area (TPSA) is 58.6 Å². The summed E-state index contributed by atoms with van der Waals surface area (Å²) in [5.74, 6) is 0.120. The second-order valence-corrected chi connectivity index (χ2v) is 9.09. The van der Waals surface area contributed by atoms with Gasteiger partial charge in [-0.1, -0.05) is 67.4 Å². The number of carbonyl (C=O) groups excluding carboxylic acids is 2. The molecule has 0 saturated carbocycles. The molecule has 0 heterocycles. The highest BCUT2D eigenvalue weighted by Crippen LogP contribution is 2.33. The van der Waals surface area contributed by atoms with Crippen LogP contribution < -0.4 is 10.1 Å². The highest BCUT2D eigenvalue weighted by Gasteiger charge is 2.26. The number of halogens is 2. The molecular weight excluding hydrogens is 504 g/mol. The second-order valence-electron chi connectivity index (χ2n) is 7.86. The monoisotopic (exact) mass is 530 g/mol. The summed E-state index contributed by atoms with van der Waals surface area (Å²) >= 11 is 9.59. The maximum atomic E-state index is 13.2. The number of unbranched alkanes of at least 4 members (excludes halogenated alkanes) is 1. The number of amides is 2. The van der Waals surface area contributed by atoms with Crippen molar-refractivity contribution >= 4 is 50.1 Å². The SMILES string of the molecule is CCCCNC(=O)C(C)N(Cc1ccc(Cl)cc1)C(=O)COc1ccc2ccccc2c1Br. The van der Waals surface area contributed by atoms with Gasteiger partial charge in [0, 0.05) is 18.1 Å². The lowest BCUT2D eigenvalue weighted by Crippen LogP contribution is -2.49. The minimum atomic E-state index is -0.645. The van der Waals surface area contributed by atoms with Crippen LogP contribution in [0.15, 0.2) is 65.1 Å². The molecule has 3 aromatic rings. The van der Waals surface area contributed by atoms with Crippen molar-refractivity contribution in [3.63, 3.8) is 0 Å². The fourth-order valence-corrected chi connectivity index (χ4v) is 4.19. The molecule has 2 amide bonds. The summed E-state index contributed by atoms with van der Waals surface area (Å²) < 4.78 is 6.68. The van der Waals surface area contributed by atoms with E-state index in [2.05, 4.69) is 28.2 Å². The van der Waals surface area contributed by atoms with E-state index < -0.39 is 6.04 Å². The second kappa shape index (κ2) is 12.1. The van der Waals surface area contributed by atoms with Crippen LogP contribution in [-0.4, -0.2) is 35.9 Å². The third-order valence-corrected chi connectivity index (χ3v) is 6.51. The highest BCUT2D eigenvalue weighted by atomic mass is 79.9. The third kappa shape index (κ3) is 6.71. The molecule has 0 aliphatic rings. The minimum absolute atomic E-state index is 0.183. The lowest BCUT2D eigenvalue weighted by molar-refractivity contribution is -0.142. The molecule has 174 valence electrons. The zero-order chi connectivity index (χ0) is 23.8. The van der Waals surface area contributed by atoms with Crippen LogP contribution in [0.1, 0.15) is 32.3 Å². The Hall–Kier alpha value is -2.57. The Morgan fingerprint density at radius 2 is 1.82 bits per heavy atom. The summed E-state index contributed by atoms with van der Waals surface area (Å²) in [7, 11) is 0. The van der Waals surface area contributed by atoms with Crippen LogP contribution in [0.4, 0.5) is 0 Å². The summed E-state index contributed by atoms with van der Waals surface area (Å²) in [5, 5.41) is 5.61. The maximum Gasteiger partial charge on any atom is 0.261 e. The molecule has 0 spiro atoms. The summed E-state index contributed by atoms with van der Waals surface area (Å²) in [4.78, 5) is 27.5. The Morgan fingerprint density at radius 3 is 2.55 bits per heavy atom. The number of nitrogens with one attached hydrogen (secondary N) is 1. The van der Waals surface area contributed by atoms with E-state index in [9.17, 15) is 9.59 Å². The molecule has 0 radical (unpaired) electrons. The molecule has 7 heteroatoms. The van der Waals surface area contributed by atoms with Gasteiger partial charge in [-0.2, -0.15) is 0 Å². The fourth-order valence-electron chi connectivity index (χ4n) is 3.45. The zero-order valence-corrected chi connectivity index (χ0v) is 21.2. The predicted octanol–water partition coefficient (Wildman–Crippen LogP) is 5.97. The van der Waals surface area contributed by atoms with Crippen molar-refractivity contribution in [3.8, 4) is 5.75 Å². The van der Waals surface area contributed by atoms with Crippen LogP contribution in [-0.2, 0) is 16.1 Å². The molecule has 33 heavy (non-hydrogen) atoms. The highest BCUT2D eigenvalue weighted by molar-refractivity contribution is 9.10. The molecule has 0 saturated heterocycles. The van der Waals surface area contributed by atoms with Crippen molar-refractivity contribution in [2.75, 3.05) is 13.2 Å². The normalized spacial score (nSPS) is 11.8. The van der Waals surface area contributed by atoms with Crippen LogP contribution in [0, 0.1) is 0 Å². The smallest absolute Gasteiger partial charge is 0.261 e. The lowest BCUT2D eigenvalue weighted by atomic mass is 10.1. The van der Waals surface area contributed by atoms with E-state index in [4.69, 9.17) is 16.3 Å². The first-order valence-corrected chi connectivity index (χ1v) is 12.2. The van der Waals surface area contributed by atoms with Gasteiger partial charge in [0.25, 0.3) is 5.91 Å².